The Morgan fingerprint density at radius 3 is 2.44 bits per heavy atom. The van der Waals surface area contributed by atoms with Gasteiger partial charge < -0.3 is 36.2 Å². The number of aliphatic hydroxyl groups excluding tert-OH is 1. The first-order chi connectivity index (χ1) is 22.4. The predicted octanol–water partition coefficient (Wildman–Crippen LogP) is 5.53. The highest BCUT2D eigenvalue weighted by atomic mass is 16.6. The Morgan fingerprint density at radius 1 is 0.979 bits per heavy atom. The molecule has 8 heteroatoms. The fourth-order valence-electron chi connectivity index (χ4n) is 12.1. The second kappa shape index (κ2) is 13.0. The van der Waals surface area contributed by atoms with Gasteiger partial charge in [0, 0.05) is 11.3 Å². The molecule has 5 fully saturated rings. The number of hydrogen-bond donors (Lipinski definition) is 6. The summed E-state index contributed by atoms with van der Waals surface area (Å²) < 4.78 is 6.29. The van der Waals surface area contributed by atoms with Gasteiger partial charge in [0.25, 0.3) is 0 Å². The number of hydrogen-bond acceptors (Lipinski definition) is 8. The van der Waals surface area contributed by atoms with E-state index in [0.29, 0.717) is 25.2 Å². The molecule has 48 heavy (non-hydrogen) atoms. The molecule has 4 aliphatic carbocycles. The van der Waals surface area contributed by atoms with Crippen LogP contribution in [0.5, 0.6) is 0 Å². The second-order valence-corrected chi connectivity index (χ2v) is 18.7. The van der Waals surface area contributed by atoms with Crippen LogP contribution in [0.4, 0.5) is 0 Å². The third-order valence-corrected chi connectivity index (χ3v) is 15.7. The number of nitrogens with two attached hydrogens (primary N) is 1. The number of fused-ring (bicyclic) bond motifs is 5. The number of piperidine rings is 1. The standard InChI is InChI=1S/C40H68N2O6/c1-7-8-9-10-16-39-19-12-26(43)23-29(39)30(44)24-28-27(39)13-18-36(4)31(14-20-40(28,36)47)37(5,45)33-34(48-33)38(6,46)35(2,3)17-11-25-15-21-42-32(41)22-25/h24-27,29,31-34,42-43,45-47H,7-23,41H2,1-6H3. The van der Waals surface area contributed by atoms with Crippen molar-refractivity contribution in [2.45, 2.75) is 186 Å². The summed E-state index contributed by atoms with van der Waals surface area (Å²) in [6.07, 6.45) is 14.7. The summed E-state index contributed by atoms with van der Waals surface area (Å²) in [5.41, 5.74) is 2.21. The van der Waals surface area contributed by atoms with Gasteiger partial charge >= 0.3 is 0 Å². The fourth-order valence-corrected chi connectivity index (χ4v) is 12.1. The molecule has 7 N–H and O–H groups in total. The van der Waals surface area contributed by atoms with Gasteiger partial charge in [0.05, 0.1) is 29.1 Å². The fraction of sp³-hybridized carbons (Fsp3) is 0.925. The predicted molar refractivity (Wildman–Crippen MR) is 188 cm³/mol. The highest BCUT2D eigenvalue weighted by molar-refractivity contribution is 5.95. The molecule has 6 aliphatic rings. The number of epoxide rings is 1. The number of ketones is 1. The Balaban J connectivity index is 1.20. The summed E-state index contributed by atoms with van der Waals surface area (Å²) in [7, 11) is 0. The van der Waals surface area contributed by atoms with Crippen molar-refractivity contribution in [1.82, 2.24) is 5.32 Å². The molecule has 2 aliphatic heterocycles. The Kier molecular flexibility index (Phi) is 9.97. The van der Waals surface area contributed by atoms with Gasteiger partial charge in [0.2, 0.25) is 0 Å². The lowest BCUT2D eigenvalue weighted by Gasteiger charge is -2.61. The molecular formula is C40H68N2O6. The quantitative estimate of drug-likeness (QED) is 0.117. The van der Waals surface area contributed by atoms with Crippen molar-refractivity contribution in [2.75, 3.05) is 6.54 Å². The van der Waals surface area contributed by atoms with Crippen molar-refractivity contribution in [3.63, 3.8) is 0 Å². The molecule has 0 aromatic carbocycles. The zero-order valence-electron chi connectivity index (χ0n) is 30.9. The van der Waals surface area contributed by atoms with Gasteiger partial charge in [-0.25, -0.2) is 0 Å². The molecule has 2 heterocycles. The van der Waals surface area contributed by atoms with Crippen molar-refractivity contribution < 1.29 is 30.0 Å². The monoisotopic (exact) mass is 673 g/mol. The van der Waals surface area contributed by atoms with Gasteiger partial charge in [-0.2, -0.15) is 0 Å². The molecule has 3 saturated carbocycles. The van der Waals surface area contributed by atoms with E-state index in [1.807, 2.05) is 13.8 Å². The molecule has 0 radical (unpaired) electrons. The van der Waals surface area contributed by atoms with E-state index in [1.165, 1.54) is 6.42 Å². The maximum Gasteiger partial charge on any atom is 0.159 e. The normalized spacial score (nSPS) is 45.3. The SMILES string of the molecule is CCCCCCC12CCC(O)CC1C(=O)C=C1C2CCC2(C)C(C(C)(O)C3OC3C(C)(O)C(C)(C)CCC3CCNC(N)C3)CCC12O. The molecule has 13 atom stereocenters. The lowest BCUT2D eigenvalue weighted by atomic mass is 9.44. The van der Waals surface area contributed by atoms with E-state index in [-0.39, 0.29) is 35.1 Å². The minimum atomic E-state index is -1.26. The van der Waals surface area contributed by atoms with Crippen LogP contribution in [0.2, 0.25) is 0 Å². The summed E-state index contributed by atoms with van der Waals surface area (Å²) >= 11 is 0. The van der Waals surface area contributed by atoms with E-state index in [2.05, 4.69) is 33.0 Å². The number of rotatable bonds is 12. The summed E-state index contributed by atoms with van der Waals surface area (Å²) in [5, 5.41) is 51.3. The average molecular weight is 673 g/mol. The molecule has 0 amide bonds. The molecule has 2 saturated heterocycles. The zero-order valence-corrected chi connectivity index (χ0v) is 30.9. The summed E-state index contributed by atoms with van der Waals surface area (Å²) in [5.74, 6) is 0.314. The maximum absolute atomic E-state index is 14.0. The zero-order chi connectivity index (χ0) is 34.9. The van der Waals surface area contributed by atoms with E-state index in [1.54, 1.807) is 6.08 Å². The molecule has 6 rings (SSSR count). The second-order valence-electron chi connectivity index (χ2n) is 18.7. The van der Waals surface area contributed by atoms with E-state index in [4.69, 9.17) is 10.5 Å². The largest absolute Gasteiger partial charge is 0.393 e. The first-order valence-electron chi connectivity index (χ1n) is 19.7. The highest BCUT2D eigenvalue weighted by Crippen LogP contribution is 2.70. The number of ether oxygens (including phenoxy) is 1. The van der Waals surface area contributed by atoms with Crippen LogP contribution < -0.4 is 11.1 Å². The highest BCUT2D eigenvalue weighted by Gasteiger charge is 2.73. The van der Waals surface area contributed by atoms with Crippen molar-refractivity contribution in [3.8, 4) is 0 Å². The number of carbonyl (C=O) groups is 1. The number of unbranched alkanes of at least 4 members (excludes halogenated alkanes) is 3. The third kappa shape index (κ3) is 5.89. The molecular weight excluding hydrogens is 604 g/mol. The topological polar surface area (TPSA) is 149 Å². The van der Waals surface area contributed by atoms with Crippen LogP contribution >= 0.6 is 0 Å². The molecule has 13 unspecified atom stereocenters. The van der Waals surface area contributed by atoms with Crippen LogP contribution in [-0.4, -0.2) is 74.0 Å². The van der Waals surface area contributed by atoms with Crippen LogP contribution in [0, 0.1) is 39.9 Å². The van der Waals surface area contributed by atoms with Crippen LogP contribution in [0.3, 0.4) is 0 Å². The summed E-state index contributed by atoms with van der Waals surface area (Å²) in [4.78, 5) is 14.0. The van der Waals surface area contributed by atoms with Gasteiger partial charge in [0.1, 0.15) is 12.2 Å². The van der Waals surface area contributed by atoms with Gasteiger partial charge in [-0.1, -0.05) is 53.4 Å². The van der Waals surface area contributed by atoms with E-state index in [0.717, 1.165) is 89.2 Å². The van der Waals surface area contributed by atoms with E-state index in [9.17, 15) is 25.2 Å². The van der Waals surface area contributed by atoms with Crippen LogP contribution in [0.15, 0.2) is 11.6 Å². The van der Waals surface area contributed by atoms with Crippen molar-refractivity contribution in [2.24, 2.45) is 45.7 Å². The molecule has 0 bridgehead atoms. The summed E-state index contributed by atoms with van der Waals surface area (Å²) in [6, 6.07) is 0. The minimum absolute atomic E-state index is 0.0379. The first kappa shape index (κ1) is 36.9. The Hall–Kier alpha value is -0.870. The molecule has 0 spiro atoms. The Labute approximate surface area is 290 Å². The smallest absolute Gasteiger partial charge is 0.159 e. The average Bonchev–Trinajstić information content (AvgIpc) is 3.80. The van der Waals surface area contributed by atoms with E-state index >= 15 is 0 Å². The van der Waals surface area contributed by atoms with Gasteiger partial charge in [0.15, 0.2) is 5.78 Å². The summed E-state index contributed by atoms with van der Waals surface area (Å²) in [6.45, 7) is 13.2. The Morgan fingerprint density at radius 2 is 1.73 bits per heavy atom. The lowest BCUT2D eigenvalue weighted by Crippen LogP contribution is -2.62. The Bertz CT molecular complexity index is 1230. The number of carbonyl (C=O) groups excluding carboxylic acids is 1. The van der Waals surface area contributed by atoms with Crippen molar-refractivity contribution in [1.29, 1.82) is 0 Å². The first-order valence-corrected chi connectivity index (χ1v) is 19.7. The van der Waals surface area contributed by atoms with Gasteiger partial charge in [-0.05, 0) is 138 Å². The maximum atomic E-state index is 14.0. The number of nitrogens with one attached hydrogen (secondary N) is 1. The number of allylic oxidation sites excluding steroid dienone is 1. The van der Waals surface area contributed by atoms with Crippen LogP contribution in [-0.2, 0) is 9.53 Å². The van der Waals surface area contributed by atoms with E-state index < -0.39 is 45.9 Å². The molecule has 0 aromatic rings. The van der Waals surface area contributed by atoms with Gasteiger partial charge in [-0.15, -0.1) is 0 Å². The lowest BCUT2D eigenvalue weighted by molar-refractivity contribution is -0.156. The van der Waals surface area contributed by atoms with Crippen LogP contribution in [0.1, 0.15) is 144 Å². The third-order valence-electron chi connectivity index (χ3n) is 15.7. The minimum Gasteiger partial charge on any atom is -0.393 e. The van der Waals surface area contributed by atoms with Gasteiger partial charge in [-0.3, -0.25) is 4.79 Å². The number of aliphatic hydroxyl groups is 4. The molecule has 0 aromatic heterocycles. The van der Waals surface area contributed by atoms with Crippen molar-refractivity contribution >= 4 is 5.78 Å². The molecule has 274 valence electrons. The van der Waals surface area contributed by atoms with Crippen molar-refractivity contribution in [3.05, 3.63) is 11.6 Å². The van der Waals surface area contributed by atoms with Crippen LogP contribution in [0.25, 0.3) is 0 Å². The molecule has 8 nitrogen and oxygen atoms in total.